The van der Waals surface area contributed by atoms with Gasteiger partial charge in [0.05, 0.1) is 18.8 Å². The van der Waals surface area contributed by atoms with E-state index in [4.69, 9.17) is 16.3 Å². The molecule has 1 aromatic carbocycles. The summed E-state index contributed by atoms with van der Waals surface area (Å²) < 4.78 is 4.79. The third kappa shape index (κ3) is 5.48. The fourth-order valence-corrected chi connectivity index (χ4v) is 1.57. The third-order valence-electron chi connectivity index (χ3n) is 2.33. The second-order valence-electron chi connectivity index (χ2n) is 3.83. The van der Waals surface area contributed by atoms with Crippen LogP contribution in [0, 0.1) is 0 Å². The summed E-state index contributed by atoms with van der Waals surface area (Å²) >= 11 is 5.75. The zero-order valence-electron chi connectivity index (χ0n) is 9.77. The summed E-state index contributed by atoms with van der Waals surface area (Å²) in [4.78, 5) is 0. The first-order valence-electron chi connectivity index (χ1n) is 5.44. The molecule has 0 aliphatic rings. The van der Waals surface area contributed by atoms with Crippen LogP contribution in [0.4, 0.5) is 0 Å². The van der Waals surface area contributed by atoms with Gasteiger partial charge >= 0.3 is 0 Å². The van der Waals surface area contributed by atoms with E-state index >= 15 is 0 Å². The lowest BCUT2D eigenvalue weighted by atomic mass is 10.1. The van der Waals surface area contributed by atoms with Crippen LogP contribution in [-0.2, 0) is 4.74 Å². The van der Waals surface area contributed by atoms with Crippen LogP contribution in [0.5, 0.6) is 0 Å². The Morgan fingerprint density at radius 2 is 1.88 bits per heavy atom. The molecule has 0 radical (unpaired) electrons. The molecule has 4 nitrogen and oxygen atoms in total. The highest BCUT2D eigenvalue weighted by Gasteiger charge is 2.08. The highest BCUT2D eigenvalue weighted by atomic mass is 35.5. The number of benzene rings is 1. The summed E-state index contributed by atoms with van der Waals surface area (Å²) in [5.41, 5.74) is 0.795. The summed E-state index contributed by atoms with van der Waals surface area (Å²) in [6.07, 6.45) is -1.17. The maximum absolute atomic E-state index is 9.84. The minimum Gasteiger partial charge on any atom is -0.389 e. The van der Waals surface area contributed by atoms with Crippen LogP contribution in [0.1, 0.15) is 11.7 Å². The molecule has 96 valence electrons. The zero-order chi connectivity index (χ0) is 12.7. The molecule has 5 heteroatoms. The predicted molar refractivity (Wildman–Crippen MR) is 67.2 cm³/mol. The predicted octanol–water partition coefficient (Wildman–Crippen LogP) is 0.970. The summed E-state index contributed by atoms with van der Waals surface area (Å²) in [5, 5.41) is 22.8. The van der Waals surface area contributed by atoms with Crippen molar-refractivity contribution in [2.45, 2.75) is 12.2 Å². The van der Waals surface area contributed by atoms with E-state index < -0.39 is 12.2 Å². The highest BCUT2D eigenvalue weighted by Crippen LogP contribution is 2.15. The molecule has 0 saturated heterocycles. The molecule has 2 unspecified atom stereocenters. The Kier molecular flexibility index (Phi) is 6.47. The van der Waals surface area contributed by atoms with Crippen molar-refractivity contribution in [3.8, 4) is 0 Å². The number of halogens is 1. The van der Waals surface area contributed by atoms with Gasteiger partial charge in [0.25, 0.3) is 0 Å². The summed E-state index contributed by atoms with van der Waals surface area (Å²) in [6.45, 7) is 1.05. The largest absolute Gasteiger partial charge is 0.389 e. The minimum atomic E-state index is -0.609. The number of ether oxygens (including phenoxy) is 1. The van der Waals surface area contributed by atoms with Crippen LogP contribution in [0.25, 0.3) is 0 Å². The Labute approximate surface area is 106 Å². The van der Waals surface area contributed by atoms with E-state index in [9.17, 15) is 10.2 Å². The molecule has 0 bridgehead atoms. The zero-order valence-corrected chi connectivity index (χ0v) is 10.5. The molecule has 0 fully saturated rings. The van der Waals surface area contributed by atoms with Crippen molar-refractivity contribution in [2.75, 3.05) is 26.8 Å². The van der Waals surface area contributed by atoms with Crippen LogP contribution in [0.15, 0.2) is 24.3 Å². The molecule has 1 rings (SSSR count). The lowest BCUT2D eigenvalue weighted by Gasteiger charge is -2.14. The maximum Gasteiger partial charge on any atom is 0.0914 e. The number of aliphatic hydroxyl groups excluding tert-OH is 2. The van der Waals surface area contributed by atoms with Crippen molar-refractivity contribution in [3.63, 3.8) is 0 Å². The van der Waals surface area contributed by atoms with Crippen molar-refractivity contribution in [3.05, 3.63) is 34.9 Å². The van der Waals surface area contributed by atoms with Gasteiger partial charge in [0.1, 0.15) is 0 Å². The van der Waals surface area contributed by atoms with E-state index in [0.717, 1.165) is 5.56 Å². The molecule has 0 aliphatic carbocycles. The second kappa shape index (κ2) is 7.63. The van der Waals surface area contributed by atoms with Crippen molar-refractivity contribution in [1.82, 2.24) is 5.32 Å². The SMILES string of the molecule is COCC(O)CNCC(O)c1ccc(Cl)cc1. The lowest BCUT2D eigenvalue weighted by molar-refractivity contribution is 0.0616. The Balaban J connectivity index is 2.29. The van der Waals surface area contributed by atoms with Gasteiger partial charge in [-0.05, 0) is 17.7 Å². The number of rotatable bonds is 7. The van der Waals surface area contributed by atoms with Gasteiger partial charge in [-0.25, -0.2) is 0 Å². The van der Waals surface area contributed by atoms with Gasteiger partial charge in [-0.1, -0.05) is 23.7 Å². The molecular weight excluding hydrogens is 242 g/mol. The average molecular weight is 260 g/mol. The van der Waals surface area contributed by atoms with Crippen molar-refractivity contribution >= 4 is 11.6 Å². The van der Waals surface area contributed by atoms with Crippen LogP contribution in [0.2, 0.25) is 5.02 Å². The van der Waals surface area contributed by atoms with E-state index in [2.05, 4.69) is 5.32 Å². The summed E-state index contributed by atoms with van der Waals surface area (Å²) in [7, 11) is 1.53. The standard InChI is InChI=1S/C12H18ClNO3/c1-17-8-11(15)6-14-7-12(16)9-2-4-10(13)5-3-9/h2-5,11-12,14-16H,6-8H2,1H3. The summed E-state index contributed by atoms with van der Waals surface area (Å²) in [5.74, 6) is 0. The smallest absolute Gasteiger partial charge is 0.0914 e. The monoisotopic (exact) mass is 259 g/mol. The van der Waals surface area contributed by atoms with E-state index in [1.165, 1.54) is 7.11 Å². The van der Waals surface area contributed by atoms with Gasteiger partial charge in [0.2, 0.25) is 0 Å². The summed E-state index contributed by atoms with van der Waals surface area (Å²) in [6, 6.07) is 7.03. The van der Waals surface area contributed by atoms with Crippen molar-refractivity contribution in [1.29, 1.82) is 0 Å². The Morgan fingerprint density at radius 1 is 1.24 bits per heavy atom. The number of hydrogen-bond donors (Lipinski definition) is 3. The van der Waals surface area contributed by atoms with Crippen LogP contribution >= 0.6 is 11.6 Å². The van der Waals surface area contributed by atoms with Crippen LogP contribution < -0.4 is 5.32 Å². The first-order chi connectivity index (χ1) is 8.13. The molecule has 0 spiro atoms. The number of hydrogen-bond acceptors (Lipinski definition) is 4. The van der Waals surface area contributed by atoms with Gasteiger partial charge < -0.3 is 20.3 Å². The van der Waals surface area contributed by atoms with Crippen molar-refractivity contribution in [2.24, 2.45) is 0 Å². The normalized spacial score (nSPS) is 14.6. The van der Waals surface area contributed by atoms with Gasteiger partial charge in [0, 0.05) is 25.2 Å². The van der Waals surface area contributed by atoms with Crippen LogP contribution in [-0.4, -0.2) is 43.1 Å². The van der Waals surface area contributed by atoms with Gasteiger partial charge in [-0.3, -0.25) is 0 Å². The Morgan fingerprint density at radius 3 is 2.47 bits per heavy atom. The van der Waals surface area contributed by atoms with E-state index in [1.54, 1.807) is 24.3 Å². The first-order valence-corrected chi connectivity index (χ1v) is 5.82. The molecule has 2 atom stereocenters. The van der Waals surface area contributed by atoms with Gasteiger partial charge in [-0.2, -0.15) is 0 Å². The number of aliphatic hydroxyl groups is 2. The topological polar surface area (TPSA) is 61.7 Å². The first kappa shape index (κ1) is 14.4. The van der Waals surface area contributed by atoms with Gasteiger partial charge in [0.15, 0.2) is 0 Å². The minimum absolute atomic E-state index is 0.282. The highest BCUT2D eigenvalue weighted by molar-refractivity contribution is 6.30. The van der Waals surface area contributed by atoms with E-state index in [0.29, 0.717) is 18.1 Å². The lowest BCUT2D eigenvalue weighted by Crippen LogP contribution is -2.32. The molecular formula is C12H18ClNO3. The molecule has 0 amide bonds. The number of methoxy groups -OCH3 is 1. The maximum atomic E-state index is 9.84. The van der Waals surface area contributed by atoms with Crippen LogP contribution in [0.3, 0.4) is 0 Å². The quantitative estimate of drug-likeness (QED) is 0.683. The molecule has 0 aromatic heterocycles. The van der Waals surface area contributed by atoms with Crippen molar-refractivity contribution < 1.29 is 14.9 Å². The molecule has 0 aliphatic heterocycles. The second-order valence-corrected chi connectivity index (χ2v) is 4.27. The molecule has 0 heterocycles. The van der Waals surface area contributed by atoms with E-state index in [1.807, 2.05) is 0 Å². The molecule has 0 saturated carbocycles. The molecule has 1 aromatic rings. The average Bonchev–Trinajstić information content (AvgIpc) is 2.30. The molecule has 3 N–H and O–H groups in total. The Hall–Kier alpha value is -0.650. The fraction of sp³-hybridized carbons (Fsp3) is 0.500. The third-order valence-corrected chi connectivity index (χ3v) is 2.58. The number of nitrogens with one attached hydrogen (secondary N) is 1. The van der Waals surface area contributed by atoms with Gasteiger partial charge in [-0.15, -0.1) is 0 Å². The Bertz CT molecular complexity index is 318. The fourth-order valence-electron chi connectivity index (χ4n) is 1.44. The van der Waals surface area contributed by atoms with E-state index in [-0.39, 0.29) is 6.61 Å². The molecule has 17 heavy (non-hydrogen) atoms.